The number of halogens is 3. The van der Waals surface area contributed by atoms with Crippen molar-refractivity contribution < 1.29 is 56.5 Å². The summed E-state index contributed by atoms with van der Waals surface area (Å²) in [4.78, 5) is 78.7. The summed E-state index contributed by atoms with van der Waals surface area (Å²) in [6.45, 7) is 8.84. The van der Waals surface area contributed by atoms with Gasteiger partial charge in [0.25, 0.3) is 5.91 Å². The Morgan fingerprint density at radius 3 is 1.59 bits per heavy atom. The Balaban J connectivity index is 0.000000272. The first-order valence-electron chi connectivity index (χ1n) is 18.5. The molecule has 21 nitrogen and oxygen atoms in total. The summed E-state index contributed by atoms with van der Waals surface area (Å²) < 4.78 is 50.9. The number of carbonyl (C=O) groups is 6. The van der Waals surface area contributed by atoms with Crippen LogP contribution < -0.4 is 22.1 Å². The van der Waals surface area contributed by atoms with Gasteiger partial charge in [0, 0.05) is 61.9 Å². The van der Waals surface area contributed by atoms with E-state index in [-0.39, 0.29) is 18.8 Å². The molecule has 2 aliphatic rings. The van der Waals surface area contributed by atoms with E-state index in [4.69, 9.17) is 20.4 Å². The zero-order valence-corrected chi connectivity index (χ0v) is 33.6. The van der Waals surface area contributed by atoms with E-state index in [0.29, 0.717) is 64.0 Å². The number of alkyl halides is 3. The minimum atomic E-state index is -4.45. The summed E-state index contributed by atoms with van der Waals surface area (Å²) in [5, 5.41) is 16.7. The number of benzene rings is 2. The van der Waals surface area contributed by atoms with E-state index in [2.05, 4.69) is 37.1 Å². The van der Waals surface area contributed by atoms with Crippen molar-refractivity contribution in [1.82, 2.24) is 55.6 Å². The van der Waals surface area contributed by atoms with E-state index in [1.165, 1.54) is 45.5 Å². The van der Waals surface area contributed by atoms with Crippen LogP contribution in [-0.4, -0.2) is 133 Å². The highest BCUT2D eigenvalue weighted by molar-refractivity contribution is 6.35. The number of aromatic nitrogens is 6. The molecule has 0 radical (unpaired) electrons. The molecule has 0 aliphatic carbocycles. The van der Waals surface area contributed by atoms with Gasteiger partial charge in [-0.2, -0.15) is 13.2 Å². The molecule has 0 saturated carbocycles. The number of amides is 5. The molecule has 6 N–H and O–H groups in total. The number of ether oxygens (including phenoxy) is 2. The Morgan fingerprint density at radius 1 is 0.683 bits per heavy atom. The van der Waals surface area contributed by atoms with Gasteiger partial charge in [0.2, 0.25) is 0 Å². The van der Waals surface area contributed by atoms with Crippen LogP contribution in [0.15, 0.2) is 61.2 Å². The molecule has 2 aromatic carbocycles. The van der Waals surface area contributed by atoms with Crippen LogP contribution in [0.1, 0.15) is 29.7 Å². The molecule has 2 saturated heterocycles. The highest BCUT2D eigenvalue weighted by atomic mass is 19.4. The number of rotatable bonds is 6. The highest BCUT2D eigenvalue weighted by Crippen LogP contribution is 2.32. The van der Waals surface area contributed by atoms with Crippen LogP contribution in [0.5, 0.6) is 0 Å². The van der Waals surface area contributed by atoms with Crippen molar-refractivity contribution in [2.45, 2.75) is 34.4 Å². The maximum atomic E-state index is 12.8. The van der Waals surface area contributed by atoms with Crippen LogP contribution >= 0.6 is 0 Å². The van der Waals surface area contributed by atoms with Gasteiger partial charge >= 0.3 is 35.8 Å². The molecule has 0 unspecified atom stereocenters. The molecule has 5 amide bonds. The molecule has 338 valence electrons. The normalized spacial score (nSPS) is 13.8. The number of hydrogen-bond donors (Lipinski definition) is 5. The van der Waals surface area contributed by atoms with Gasteiger partial charge < -0.3 is 24.4 Å². The van der Waals surface area contributed by atoms with Crippen molar-refractivity contribution in [3.05, 3.63) is 83.5 Å². The van der Waals surface area contributed by atoms with Crippen molar-refractivity contribution in [2.24, 2.45) is 5.84 Å². The van der Waals surface area contributed by atoms with Gasteiger partial charge in [0.1, 0.15) is 12.7 Å². The molecule has 63 heavy (non-hydrogen) atoms. The molecule has 2 aliphatic heterocycles. The maximum absolute atomic E-state index is 12.8. The van der Waals surface area contributed by atoms with Crippen molar-refractivity contribution in [1.29, 1.82) is 0 Å². The number of morpholine rings is 2. The van der Waals surface area contributed by atoms with Crippen molar-refractivity contribution >= 4 is 47.9 Å². The monoisotopic (exact) mass is 884 g/mol. The predicted octanol–water partition coefficient (Wildman–Crippen LogP) is 1.34. The fraction of sp³-hybridized carbons (Fsp3) is 0.333. The molecule has 2 aromatic heterocycles. The van der Waals surface area contributed by atoms with Crippen LogP contribution in [0.3, 0.4) is 0 Å². The Labute approximate surface area is 358 Å². The number of carboxylic acids is 1. The number of nitrogens with two attached hydrogens (primary N) is 1. The zero-order valence-electron chi connectivity index (χ0n) is 33.6. The molecule has 4 heterocycles. The summed E-state index contributed by atoms with van der Waals surface area (Å²) in [5.74, 6) is 0.635. The van der Waals surface area contributed by atoms with Crippen molar-refractivity contribution in [3.8, 4) is 22.8 Å². The van der Waals surface area contributed by atoms with E-state index in [1.54, 1.807) is 12.3 Å². The van der Waals surface area contributed by atoms with E-state index in [0.717, 1.165) is 45.8 Å². The lowest BCUT2D eigenvalue weighted by atomic mass is 10.1. The number of carboxylic acid groups (broad SMARTS) is 1. The number of carbonyl (C=O) groups excluding carboxylic acids is 5. The lowest BCUT2D eigenvalue weighted by Crippen LogP contribution is -2.52. The Hall–Kier alpha value is -7.31. The molecule has 2 fully saturated rings. The number of nitrogens with zero attached hydrogens (tertiary/aromatic N) is 8. The third-order valence-electron chi connectivity index (χ3n) is 8.32. The molecule has 6 rings (SSSR count). The van der Waals surface area contributed by atoms with E-state index in [1.807, 2.05) is 26.0 Å². The SMILES string of the molecule is C.Cc1cc(-c2ncn(/C=C\C(=O)O)n2)cc(C(F)(F)F)c1.Cc1cc(C)cc(-c2ncn(/C=C\C(=O)NNC(=O)C(=O)N3CCOCC3)n2)c1.NNC(=O)C(=O)N1CCOCC1. The largest absolute Gasteiger partial charge is 0.478 e. The molecule has 24 heteroatoms. The smallest absolute Gasteiger partial charge is 0.416 e. The van der Waals surface area contributed by atoms with Gasteiger partial charge in [-0.25, -0.2) is 30.0 Å². The standard InChI is InChI=1S/C19H22N6O4.C13H10F3N3O2.C6H11N3O3.CH4/c1-13-9-14(2)11-15(10-13)17-20-12-25(23-17)4-3-16(26)21-22-18(27)19(28)24-5-7-29-8-6-24;1-8-4-9(6-10(5-8)13(14,15)16)12-17-7-19(18-12)3-2-11(20)21;7-8-5(10)6(11)9-1-3-12-4-2-9;/h3-4,9-12H,5-8H2,1-2H3,(H,21,26)(H,22,27);2-7H,1H3,(H,20,21);1-4,7H2,(H,8,10);1H4/b4-3-;3-2-;;. The highest BCUT2D eigenvalue weighted by Gasteiger charge is 2.31. The zero-order chi connectivity index (χ0) is 45.4. The topological polar surface area (TPSA) is 271 Å². The second kappa shape index (κ2) is 23.6. The summed E-state index contributed by atoms with van der Waals surface area (Å²) >= 11 is 0. The van der Waals surface area contributed by atoms with Crippen LogP contribution in [0.2, 0.25) is 0 Å². The average Bonchev–Trinajstić information content (AvgIpc) is 3.94. The van der Waals surface area contributed by atoms with Gasteiger partial charge in [-0.05, 0) is 56.7 Å². The molecule has 0 bridgehead atoms. The average molecular weight is 885 g/mol. The van der Waals surface area contributed by atoms with Gasteiger partial charge in [-0.1, -0.05) is 24.6 Å². The van der Waals surface area contributed by atoms with Crippen LogP contribution in [0, 0.1) is 20.8 Å². The van der Waals surface area contributed by atoms with Crippen LogP contribution in [-0.2, 0) is 44.4 Å². The number of nitrogens with one attached hydrogen (secondary N) is 3. The maximum Gasteiger partial charge on any atom is 0.416 e. The summed E-state index contributed by atoms with van der Waals surface area (Å²) in [6, 6.07) is 9.52. The Kier molecular flexibility index (Phi) is 18.8. The molecule has 0 atom stereocenters. The summed E-state index contributed by atoms with van der Waals surface area (Å²) in [7, 11) is 0. The minimum absolute atomic E-state index is 0. The molecular formula is C39H47F3N12O9. The van der Waals surface area contributed by atoms with Gasteiger partial charge in [0.05, 0.1) is 32.0 Å². The third kappa shape index (κ3) is 15.9. The predicted molar refractivity (Wildman–Crippen MR) is 219 cm³/mol. The quantitative estimate of drug-likeness (QED) is 0.0602. The first-order chi connectivity index (χ1) is 29.4. The third-order valence-corrected chi connectivity index (χ3v) is 8.32. The first kappa shape index (κ1) is 50.0. The van der Waals surface area contributed by atoms with Gasteiger partial charge in [0.15, 0.2) is 11.6 Å². The number of hydrazine groups is 2. The first-order valence-corrected chi connectivity index (χ1v) is 18.5. The second-order valence-corrected chi connectivity index (χ2v) is 13.3. The fourth-order valence-corrected chi connectivity index (χ4v) is 5.52. The Bertz CT molecular complexity index is 2280. The van der Waals surface area contributed by atoms with Crippen LogP contribution in [0.4, 0.5) is 13.2 Å². The molecule has 0 spiro atoms. The molecule has 4 aromatic rings. The lowest BCUT2D eigenvalue weighted by Gasteiger charge is -2.25. The lowest BCUT2D eigenvalue weighted by molar-refractivity contribution is -0.149. The van der Waals surface area contributed by atoms with Gasteiger partial charge in [-0.3, -0.25) is 40.3 Å². The number of hydrogen-bond acceptors (Lipinski definition) is 13. The van der Waals surface area contributed by atoms with Gasteiger partial charge in [-0.15, -0.1) is 10.2 Å². The van der Waals surface area contributed by atoms with Crippen LogP contribution in [0.25, 0.3) is 35.2 Å². The second-order valence-electron chi connectivity index (χ2n) is 13.3. The summed E-state index contributed by atoms with van der Waals surface area (Å²) in [5.41, 5.74) is 9.00. The van der Waals surface area contributed by atoms with E-state index in [9.17, 15) is 41.9 Å². The number of aliphatic carboxylic acids is 1. The Morgan fingerprint density at radius 2 is 1.13 bits per heavy atom. The summed E-state index contributed by atoms with van der Waals surface area (Å²) in [6.07, 6.45) is 2.77. The van der Waals surface area contributed by atoms with E-state index < -0.39 is 47.2 Å². The van der Waals surface area contributed by atoms with Crippen molar-refractivity contribution in [3.63, 3.8) is 0 Å². The number of aryl methyl sites for hydroxylation is 3. The minimum Gasteiger partial charge on any atom is -0.478 e. The van der Waals surface area contributed by atoms with Crippen molar-refractivity contribution in [2.75, 3.05) is 52.6 Å². The van der Waals surface area contributed by atoms with E-state index >= 15 is 0 Å². The molecular weight excluding hydrogens is 837 g/mol. The fourth-order valence-electron chi connectivity index (χ4n) is 5.52.